The van der Waals surface area contributed by atoms with E-state index in [1.807, 2.05) is 54.6 Å². The van der Waals surface area contributed by atoms with Crippen molar-refractivity contribution in [1.82, 2.24) is 15.0 Å². The Morgan fingerprint density at radius 2 is 1.20 bits per heavy atom. The van der Waals surface area contributed by atoms with Gasteiger partial charge in [0.05, 0.1) is 5.56 Å². The molecule has 4 fully saturated rings. The van der Waals surface area contributed by atoms with E-state index >= 15 is 0 Å². The summed E-state index contributed by atoms with van der Waals surface area (Å²) in [5.74, 6) is 4.61. The predicted molar refractivity (Wildman–Crippen MR) is 193 cm³/mol. The van der Waals surface area contributed by atoms with Gasteiger partial charge in [-0.1, -0.05) is 91.0 Å². The molecule has 0 unspecified atom stereocenters. The highest BCUT2D eigenvalue weighted by atomic mass is 16.3. The molecule has 4 aliphatic carbocycles. The maximum Gasteiger partial charge on any atom is 0.164 e. The average Bonchev–Trinajstić information content (AvgIpc) is 3.53. The Balaban J connectivity index is 1.08. The molecular weight excluding hydrogens is 601 g/mol. The highest BCUT2D eigenvalue weighted by Gasteiger charge is 2.51. The molecule has 4 bridgehead atoms. The molecule has 5 nitrogen and oxygen atoms in total. The summed E-state index contributed by atoms with van der Waals surface area (Å²) in [6.07, 6.45) is 8.47. The second-order valence-electron chi connectivity index (χ2n) is 14.6. The van der Waals surface area contributed by atoms with Gasteiger partial charge in [-0.15, -0.1) is 0 Å². The Kier molecular flexibility index (Phi) is 6.36. The molecule has 4 aliphatic rings. The molecule has 7 aromatic rings. The number of fused-ring (bicyclic) bond motifs is 3. The molecule has 5 heteroatoms. The summed E-state index contributed by atoms with van der Waals surface area (Å²) in [6.45, 7) is 0. The van der Waals surface area contributed by atoms with E-state index in [0.717, 1.165) is 56.4 Å². The molecule has 0 saturated heterocycles. The molecule has 236 valence electrons. The number of hydrogen-bond acceptors (Lipinski definition) is 5. The average molecular weight is 635 g/mol. The van der Waals surface area contributed by atoms with Crippen LogP contribution in [0, 0.1) is 29.1 Å². The first kappa shape index (κ1) is 28.4. The van der Waals surface area contributed by atoms with E-state index in [9.17, 15) is 5.26 Å². The summed E-state index contributed by atoms with van der Waals surface area (Å²) in [5.41, 5.74) is 8.79. The minimum atomic E-state index is 0.373. The highest BCUT2D eigenvalue weighted by molar-refractivity contribution is 6.07. The van der Waals surface area contributed by atoms with Crippen molar-refractivity contribution in [1.29, 1.82) is 5.26 Å². The SMILES string of the molecule is N#Cc1cccc2c1oc1ccc(-c3nc(-c4ccccc4)nc(-c4ccccc4-c4ccc(C56CC7CC(CC(C7)C5)C6)cc4)n3)cc12. The number of furan rings is 1. The van der Waals surface area contributed by atoms with Crippen molar-refractivity contribution in [3.8, 4) is 51.4 Å². The third-order valence-electron chi connectivity index (χ3n) is 11.6. The van der Waals surface area contributed by atoms with Gasteiger partial charge in [-0.25, -0.2) is 15.0 Å². The first-order valence-corrected chi connectivity index (χ1v) is 17.5. The van der Waals surface area contributed by atoms with Crippen LogP contribution in [-0.4, -0.2) is 15.0 Å². The fourth-order valence-corrected chi connectivity index (χ4v) is 9.76. The minimum absolute atomic E-state index is 0.373. The standard InChI is InChI=1S/C44H34N4O/c45-26-33-9-6-12-36-38-22-32(15-18-39(38)49-40(33)36)42-46-41(31-7-2-1-3-8-31)47-43(48-42)37-11-5-4-10-35(37)30-13-16-34(17-14-30)44-23-27-19-28(24-44)21-29(20-27)25-44/h1-18,22,27-29H,19-21,23-25H2. The molecule has 4 saturated carbocycles. The third-order valence-corrected chi connectivity index (χ3v) is 11.6. The molecule has 0 amide bonds. The Bertz CT molecular complexity index is 2400. The van der Waals surface area contributed by atoms with E-state index < -0.39 is 0 Å². The summed E-state index contributed by atoms with van der Waals surface area (Å²) in [6, 6.07) is 41.9. The van der Waals surface area contributed by atoms with Crippen LogP contribution in [0.4, 0.5) is 0 Å². The molecule has 0 N–H and O–H groups in total. The van der Waals surface area contributed by atoms with Crippen molar-refractivity contribution in [2.24, 2.45) is 17.8 Å². The first-order chi connectivity index (χ1) is 24.1. The van der Waals surface area contributed by atoms with Crippen molar-refractivity contribution in [3.05, 3.63) is 126 Å². The van der Waals surface area contributed by atoms with Crippen LogP contribution in [-0.2, 0) is 5.41 Å². The fraction of sp³-hybridized carbons (Fsp3) is 0.227. The van der Waals surface area contributed by atoms with Gasteiger partial charge in [0.15, 0.2) is 23.1 Å². The Hall–Kier alpha value is -5.60. The Morgan fingerprint density at radius 3 is 1.92 bits per heavy atom. The van der Waals surface area contributed by atoms with Crippen molar-refractivity contribution in [3.63, 3.8) is 0 Å². The number of nitriles is 1. The molecule has 0 aliphatic heterocycles. The second-order valence-corrected chi connectivity index (χ2v) is 14.6. The molecule has 5 aromatic carbocycles. The monoisotopic (exact) mass is 634 g/mol. The molecule has 0 spiro atoms. The van der Waals surface area contributed by atoms with Gasteiger partial charge < -0.3 is 4.42 Å². The number of benzene rings is 5. The van der Waals surface area contributed by atoms with E-state index in [1.54, 1.807) is 6.07 Å². The Morgan fingerprint density at radius 1 is 0.571 bits per heavy atom. The van der Waals surface area contributed by atoms with E-state index in [-0.39, 0.29) is 0 Å². The van der Waals surface area contributed by atoms with Crippen molar-refractivity contribution >= 4 is 21.9 Å². The van der Waals surface area contributed by atoms with Crippen LogP contribution < -0.4 is 0 Å². The van der Waals surface area contributed by atoms with Gasteiger partial charge >= 0.3 is 0 Å². The van der Waals surface area contributed by atoms with Crippen LogP contribution in [0.1, 0.15) is 49.7 Å². The minimum Gasteiger partial charge on any atom is -0.455 e. The van der Waals surface area contributed by atoms with Crippen molar-refractivity contribution < 1.29 is 4.42 Å². The van der Waals surface area contributed by atoms with Gasteiger partial charge in [0, 0.05) is 27.5 Å². The van der Waals surface area contributed by atoms with Gasteiger partial charge in [-0.05, 0) is 103 Å². The maximum absolute atomic E-state index is 9.66. The summed E-state index contributed by atoms with van der Waals surface area (Å²) in [4.78, 5) is 15.2. The van der Waals surface area contributed by atoms with E-state index in [1.165, 1.54) is 49.7 Å². The van der Waals surface area contributed by atoms with Crippen LogP contribution in [0.2, 0.25) is 0 Å². The number of para-hydroxylation sites is 1. The predicted octanol–water partition coefficient (Wildman–Crippen LogP) is 10.8. The van der Waals surface area contributed by atoms with Crippen molar-refractivity contribution in [2.45, 2.75) is 43.9 Å². The van der Waals surface area contributed by atoms with Gasteiger partial charge in [-0.3, -0.25) is 0 Å². The molecule has 0 atom stereocenters. The zero-order valence-electron chi connectivity index (χ0n) is 27.1. The normalized spacial score (nSPS) is 22.5. The summed E-state index contributed by atoms with van der Waals surface area (Å²) < 4.78 is 6.12. The molecular formula is C44H34N4O. The van der Waals surface area contributed by atoms with E-state index in [0.29, 0.717) is 34.0 Å². The number of aromatic nitrogens is 3. The lowest BCUT2D eigenvalue weighted by molar-refractivity contribution is -0.00518. The fourth-order valence-electron chi connectivity index (χ4n) is 9.76. The van der Waals surface area contributed by atoms with Crippen molar-refractivity contribution in [2.75, 3.05) is 0 Å². The molecule has 2 aromatic heterocycles. The zero-order chi connectivity index (χ0) is 32.5. The van der Waals surface area contributed by atoms with E-state index in [2.05, 4.69) is 60.7 Å². The van der Waals surface area contributed by atoms with Gasteiger partial charge in [0.1, 0.15) is 11.7 Å². The van der Waals surface area contributed by atoms with Gasteiger partial charge in [-0.2, -0.15) is 5.26 Å². The van der Waals surface area contributed by atoms with Crippen LogP contribution in [0.3, 0.4) is 0 Å². The maximum atomic E-state index is 9.66. The van der Waals surface area contributed by atoms with E-state index in [4.69, 9.17) is 19.4 Å². The number of rotatable bonds is 5. The molecule has 49 heavy (non-hydrogen) atoms. The zero-order valence-corrected chi connectivity index (χ0v) is 27.1. The van der Waals surface area contributed by atoms with Crippen LogP contribution in [0.15, 0.2) is 120 Å². The summed E-state index contributed by atoms with van der Waals surface area (Å²) >= 11 is 0. The molecule has 11 rings (SSSR count). The van der Waals surface area contributed by atoms with Crippen LogP contribution in [0.5, 0.6) is 0 Å². The van der Waals surface area contributed by atoms with Gasteiger partial charge in [0.2, 0.25) is 0 Å². The lowest BCUT2D eigenvalue weighted by atomic mass is 9.48. The Labute approximate surface area is 285 Å². The quantitative estimate of drug-likeness (QED) is 0.188. The molecule has 0 radical (unpaired) electrons. The van der Waals surface area contributed by atoms with Gasteiger partial charge in [0.25, 0.3) is 0 Å². The molecule has 2 heterocycles. The lowest BCUT2D eigenvalue weighted by Crippen LogP contribution is -2.48. The lowest BCUT2D eigenvalue weighted by Gasteiger charge is -2.57. The number of hydrogen-bond donors (Lipinski definition) is 0. The number of nitrogens with zero attached hydrogens (tertiary/aromatic N) is 4. The van der Waals surface area contributed by atoms with Crippen LogP contribution >= 0.6 is 0 Å². The first-order valence-electron chi connectivity index (χ1n) is 17.5. The topological polar surface area (TPSA) is 75.6 Å². The van der Waals surface area contributed by atoms with Crippen LogP contribution in [0.25, 0.3) is 67.2 Å². The summed E-state index contributed by atoms with van der Waals surface area (Å²) in [5, 5.41) is 11.5. The summed E-state index contributed by atoms with van der Waals surface area (Å²) in [7, 11) is 0. The smallest absolute Gasteiger partial charge is 0.164 e. The second kappa shape index (κ2) is 11.0. The third kappa shape index (κ3) is 4.70. The largest absolute Gasteiger partial charge is 0.455 e. The highest BCUT2D eigenvalue weighted by Crippen LogP contribution is 2.60.